The first-order valence-electron chi connectivity index (χ1n) is 2.63. The van der Waals surface area contributed by atoms with Gasteiger partial charge in [-0.1, -0.05) is 27.6 Å². The van der Waals surface area contributed by atoms with E-state index in [1.54, 1.807) is 6.08 Å². The summed E-state index contributed by atoms with van der Waals surface area (Å²) in [6.07, 6.45) is 1.77. The van der Waals surface area contributed by atoms with Crippen LogP contribution in [0.1, 0.15) is 6.92 Å². The van der Waals surface area contributed by atoms with E-state index in [9.17, 15) is 0 Å². The average molecular weight is 211 g/mol. The number of aliphatic hydroxyl groups is 1. The molecular formula is C6H11BrO3. The molecule has 0 aliphatic rings. The van der Waals surface area contributed by atoms with Gasteiger partial charge in [-0.25, -0.2) is 0 Å². The maximum absolute atomic E-state index is 8.36. The lowest BCUT2D eigenvalue weighted by molar-refractivity contribution is -0.122. The van der Waals surface area contributed by atoms with Gasteiger partial charge in [0.25, 0.3) is 6.47 Å². The monoisotopic (exact) mass is 210 g/mol. The van der Waals surface area contributed by atoms with Gasteiger partial charge in [-0.05, 0) is 6.92 Å². The summed E-state index contributed by atoms with van der Waals surface area (Å²) in [7, 11) is 0. The van der Waals surface area contributed by atoms with E-state index in [1.807, 2.05) is 6.92 Å². The molecule has 10 heavy (non-hydrogen) atoms. The molecule has 0 amide bonds. The average Bonchev–Trinajstić information content (AvgIpc) is 1.90. The van der Waals surface area contributed by atoms with Crippen molar-refractivity contribution >= 4 is 22.4 Å². The number of rotatable bonds is 2. The van der Waals surface area contributed by atoms with Gasteiger partial charge in [0.2, 0.25) is 0 Å². The molecule has 0 saturated heterocycles. The predicted molar refractivity (Wildman–Crippen MR) is 43.3 cm³/mol. The van der Waals surface area contributed by atoms with Crippen molar-refractivity contribution in [3.8, 4) is 0 Å². The third kappa shape index (κ3) is 15.6. The number of carboxylic acid groups (broad SMARTS) is 1. The number of aliphatic hydroxyl groups excluding tert-OH is 1. The second-order valence-electron chi connectivity index (χ2n) is 1.47. The Hall–Kier alpha value is -0.350. The quantitative estimate of drug-likeness (QED) is 0.407. The van der Waals surface area contributed by atoms with Crippen molar-refractivity contribution < 1.29 is 15.0 Å². The standard InChI is InChI=1S/C5H9BrO.CH2O2/c1-5(4-6)2-3-7;2-1-3/h2,7H,3-4H2,1H3;1H,(H,2,3). The van der Waals surface area contributed by atoms with E-state index in [0.717, 1.165) is 5.33 Å². The number of hydrogen-bond donors (Lipinski definition) is 2. The summed E-state index contributed by atoms with van der Waals surface area (Å²) in [5, 5.41) is 16.0. The molecule has 0 aliphatic heterocycles. The van der Waals surface area contributed by atoms with Crippen molar-refractivity contribution in [3.63, 3.8) is 0 Å². The minimum absolute atomic E-state index is 0.150. The number of alkyl halides is 1. The molecule has 0 unspecified atom stereocenters. The molecule has 0 radical (unpaired) electrons. The van der Waals surface area contributed by atoms with Crippen LogP contribution in [0.5, 0.6) is 0 Å². The summed E-state index contributed by atoms with van der Waals surface area (Å²) >= 11 is 3.24. The second kappa shape index (κ2) is 11.4. The Morgan fingerprint density at radius 2 is 2.10 bits per heavy atom. The largest absolute Gasteiger partial charge is 0.483 e. The van der Waals surface area contributed by atoms with E-state index >= 15 is 0 Å². The highest BCUT2D eigenvalue weighted by atomic mass is 79.9. The molecule has 0 rings (SSSR count). The van der Waals surface area contributed by atoms with Gasteiger partial charge in [-0.2, -0.15) is 0 Å². The fourth-order valence-electron chi connectivity index (χ4n) is 0.210. The number of allylic oxidation sites excluding steroid dienone is 1. The fraction of sp³-hybridized carbons (Fsp3) is 0.500. The summed E-state index contributed by atoms with van der Waals surface area (Å²) in [5.41, 5.74) is 1.17. The van der Waals surface area contributed by atoms with Crippen LogP contribution in [0.15, 0.2) is 11.6 Å². The third-order valence-corrected chi connectivity index (χ3v) is 1.54. The summed E-state index contributed by atoms with van der Waals surface area (Å²) in [5.74, 6) is 0. The molecular weight excluding hydrogens is 200 g/mol. The van der Waals surface area contributed by atoms with E-state index in [1.165, 1.54) is 5.57 Å². The van der Waals surface area contributed by atoms with Gasteiger partial charge in [-0.3, -0.25) is 4.79 Å². The highest BCUT2D eigenvalue weighted by Gasteiger charge is 1.78. The van der Waals surface area contributed by atoms with Crippen LogP contribution in [0.25, 0.3) is 0 Å². The number of hydrogen-bond acceptors (Lipinski definition) is 2. The molecule has 0 bridgehead atoms. The third-order valence-electron chi connectivity index (χ3n) is 0.651. The molecule has 60 valence electrons. The van der Waals surface area contributed by atoms with Gasteiger partial charge in [-0.15, -0.1) is 0 Å². The molecule has 2 N–H and O–H groups in total. The zero-order chi connectivity index (χ0) is 8.41. The van der Waals surface area contributed by atoms with Crippen LogP contribution < -0.4 is 0 Å². The van der Waals surface area contributed by atoms with Gasteiger partial charge < -0.3 is 10.2 Å². The zero-order valence-electron chi connectivity index (χ0n) is 5.75. The highest BCUT2D eigenvalue weighted by molar-refractivity contribution is 9.09. The normalized spacial score (nSPS) is 9.70. The molecule has 0 heterocycles. The molecule has 0 atom stereocenters. The van der Waals surface area contributed by atoms with Crippen LogP contribution in [0.2, 0.25) is 0 Å². The molecule has 0 aliphatic carbocycles. The lowest BCUT2D eigenvalue weighted by atomic mass is 10.3. The molecule has 4 heteroatoms. The Morgan fingerprint density at radius 3 is 2.20 bits per heavy atom. The highest BCUT2D eigenvalue weighted by Crippen LogP contribution is 1.94. The first-order chi connectivity index (χ1) is 4.72. The Kier molecular flexibility index (Phi) is 14.1. The van der Waals surface area contributed by atoms with Gasteiger partial charge in [0, 0.05) is 5.33 Å². The van der Waals surface area contributed by atoms with Gasteiger partial charge in [0.05, 0.1) is 6.61 Å². The van der Waals surface area contributed by atoms with Crippen molar-refractivity contribution in [2.24, 2.45) is 0 Å². The van der Waals surface area contributed by atoms with Crippen molar-refractivity contribution in [1.29, 1.82) is 0 Å². The number of halogens is 1. The van der Waals surface area contributed by atoms with Gasteiger partial charge in [0.15, 0.2) is 0 Å². The van der Waals surface area contributed by atoms with E-state index in [2.05, 4.69) is 15.9 Å². The van der Waals surface area contributed by atoms with E-state index in [-0.39, 0.29) is 13.1 Å². The van der Waals surface area contributed by atoms with Crippen LogP contribution in [-0.4, -0.2) is 28.6 Å². The maximum Gasteiger partial charge on any atom is 0.290 e. The Morgan fingerprint density at radius 1 is 1.70 bits per heavy atom. The van der Waals surface area contributed by atoms with Crippen molar-refractivity contribution in [1.82, 2.24) is 0 Å². The SMILES string of the molecule is CC(=CCO)CBr.O=CO. The maximum atomic E-state index is 8.36. The molecule has 3 nitrogen and oxygen atoms in total. The first kappa shape index (κ1) is 12.3. The Balaban J connectivity index is 0. The lowest BCUT2D eigenvalue weighted by Gasteiger charge is -1.86. The van der Waals surface area contributed by atoms with E-state index < -0.39 is 0 Å². The molecule has 0 fully saturated rings. The Labute approximate surface area is 68.5 Å². The second-order valence-corrected chi connectivity index (χ2v) is 2.03. The number of carbonyl (C=O) groups is 1. The summed E-state index contributed by atoms with van der Waals surface area (Å²) in [6, 6.07) is 0. The smallest absolute Gasteiger partial charge is 0.290 e. The molecule has 0 aromatic rings. The van der Waals surface area contributed by atoms with Crippen LogP contribution in [-0.2, 0) is 4.79 Å². The first-order valence-corrected chi connectivity index (χ1v) is 3.75. The van der Waals surface area contributed by atoms with Gasteiger partial charge in [0.1, 0.15) is 0 Å². The lowest BCUT2D eigenvalue weighted by Crippen LogP contribution is -1.78. The van der Waals surface area contributed by atoms with Crippen LogP contribution in [0.3, 0.4) is 0 Å². The van der Waals surface area contributed by atoms with E-state index in [0.29, 0.717) is 0 Å². The molecule has 0 saturated carbocycles. The molecule has 0 spiro atoms. The van der Waals surface area contributed by atoms with Crippen molar-refractivity contribution in [2.75, 3.05) is 11.9 Å². The van der Waals surface area contributed by atoms with Crippen LogP contribution in [0, 0.1) is 0 Å². The topological polar surface area (TPSA) is 57.5 Å². The summed E-state index contributed by atoms with van der Waals surface area (Å²) < 4.78 is 0. The molecule has 0 aromatic carbocycles. The minimum atomic E-state index is -0.250. The van der Waals surface area contributed by atoms with Crippen molar-refractivity contribution in [3.05, 3.63) is 11.6 Å². The van der Waals surface area contributed by atoms with Gasteiger partial charge >= 0.3 is 0 Å². The van der Waals surface area contributed by atoms with Crippen molar-refractivity contribution in [2.45, 2.75) is 6.92 Å². The van der Waals surface area contributed by atoms with Crippen LogP contribution >= 0.6 is 15.9 Å². The molecule has 0 aromatic heterocycles. The van der Waals surface area contributed by atoms with E-state index in [4.69, 9.17) is 15.0 Å². The summed E-state index contributed by atoms with van der Waals surface area (Å²) in [4.78, 5) is 8.36. The minimum Gasteiger partial charge on any atom is -0.483 e. The zero-order valence-corrected chi connectivity index (χ0v) is 7.34. The fourth-order valence-corrected chi connectivity index (χ4v) is 0.439. The van der Waals surface area contributed by atoms with Crippen LogP contribution in [0.4, 0.5) is 0 Å². The predicted octanol–water partition coefficient (Wildman–Crippen LogP) is 1.02. The Bertz CT molecular complexity index is 101. The summed E-state index contributed by atoms with van der Waals surface area (Å²) in [6.45, 7) is 1.86.